The molecule has 0 N–H and O–H groups in total. The third-order valence-electron chi connectivity index (χ3n) is 5.14. The van der Waals surface area contributed by atoms with Crippen molar-refractivity contribution >= 4 is 22.5 Å². The lowest BCUT2D eigenvalue weighted by atomic mass is 9.94. The molecule has 1 fully saturated rings. The lowest BCUT2D eigenvalue weighted by Crippen LogP contribution is -2.41. The third kappa shape index (κ3) is 3.75. The van der Waals surface area contributed by atoms with Crippen LogP contribution in [0.4, 0.5) is 5.69 Å². The minimum Gasteiger partial charge on any atom is -0.368 e. The molecule has 2 aromatic rings. The number of carbonyl (C=O) groups excluding carboxylic acids is 1. The number of rotatable bonds is 1. The van der Waals surface area contributed by atoms with Crippen LogP contribution in [0.1, 0.15) is 43.9 Å². The molecule has 3 rings (SSSR count). The van der Waals surface area contributed by atoms with Crippen molar-refractivity contribution in [3.8, 4) is 6.07 Å². The molecule has 142 valence electrons. The van der Waals surface area contributed by atoms with Gasteiger partial charge in [-0.25, -0.2) is 0 Å². The highest BCUT2D eigenvalue weighted by atomic mass is 16.2. The zero-order valence-corrected chi connectivity index (χ0v) is 17.0. The monoisotopic (exact) mass is 364 g/mol. The fourth-order valence-electron chi connectivity index (χ4n) is 3.89. The molecule has 0 aliphatic carbocycles. The molecule has 5 nitrogen and oxygen atoms in total. The molecule has 0 unspecified atom stereocenters. The van der Waals surface area contributed by atoms with E-state index in [1.54, 1.807) is 6.20 Å². The van der Waals surface area contributed by atoms with Crippen LogP contribution in [0, 0.1) is 30.6 Å². The number of carbonyl (C=O) groups is 1. The van der Waals surface area contributed by atoms with Crippen molar-refractivity contribution in [2.24, 2.45) is 5.41 Å². The molecule has 1 aliphatic heterocycles. The highest BCUT2D eigenvalue weighted by Gasteiger charge is 2.29. The van der Waals surface area contributed by atoms with Crippen molar-refractivity contribution in [3.63, 3.8) is 0 Å². The van der Waals surface area contributed by atoms with Gasteiger partial charge < -0.3 is 9.80 Å². The van der Waals surface area contributed by atoms with Gasteiger partial charge in [-0.1, -0.05) is 32.4 Å². The van der Waals surface area contributed by atoms with Crippen molar-refractivity contribution in [3.05, 3.63) is 35.0 Å². The summed E-state index contributed by atoms with van der Waals surface area (Å²) in [5.74, 6) is 0.191. The van der Waals surface area contributed by atoms with E-state index in [0.29, 0.717) is 12.1 Å². The maximum Gasteiger partial charge on any atom is 0.228 e. The van der Waals surface area contributed by atoms with Crippen LogP contribution in [0.3, 0.4) is 0 Å². The van der Waals surface area contributed by atoms with Gasteiger partial charge in [-0.3, -0.25) is 9.78 Å². The number of hydrogen-bond acceptors (Lipinski definition) is 4. The van der Waals surface area contributed by atoms with Crippen LogP contribution in [0.25, 0.3) is 10.9 Å². The largest absolute Gasteiger partial charge is 0.368 e. The minimum absolute atomic E-state index is 0.191. The van der Waals surface area contributed by atoms with Crippen LogP contribution in [-0.2, 0) is 4.79 Å². The molecule has 27 heavy (non-hydrogen) atoms. The summed E-state index contributed by atoms with van der Waals surface area (Å²) >= 11 is 0. The number of aromatic nitrogens is 1. The number of anilines is 1. The summed E-state index contributed by atoms with van der Waals surface area (Å²) in [7, 11) is 0. The summed E-state index contributed by atoms with van der Waals surface area (Å²) in [4.78, 5) is 21.4. The number of hydrogen-bond donors (Lipinski definition) is 0. The molecule has 2 heterocycles. The fourth-order valence-corrected chi connectivity index (χ4v) is 3.89. The molecule has 0 spiro atoms. The number of pyridine rings is 1. The zero-order chi connectivity index (χ0) is 19.8. The second kappa shape index (κ2) is 7.19. The van der Waals surface area contributed by atoms with Gasteiger partial charge in [0.05, 0.1) is 16.8 Å². The molecule has 1 saturated heterocycles. The summed E-state index contributed by atoms with van der Waals surface area (Å²) in [5.41, 5.74) is 4.42. The smallest absolute Gasteiger partial charge is 0.228 e. The van der Waals surface area contributed by atoms with Crippen molar-refractivity contribution in [2.45, 2.75) is 41.0 Å². The predicted molar refractivity (Wildman–Crippen MR) is 109 cm³/mol. The van der Waals surface area contributed by atoms with Gasteiger partial charge in [-0.05, 0) is 31.9 Å². The van der Waals surface area contributed by atoms with E-state index in [9.17, 15) is 10.1 Å². The average molecular weight is 364 g/mol. The van der Waals surface area contributed by atoms with Crippen molar-refractivity contribution in [1.82, 2.24) is 9.88 Å². The van der Waals surface area contributed by atoms with Crippen molar-refractivity contribution in [1.29, 1.82) is 5.26 Å². The molecule has 1 aromatic heterocycles. The van der Waals surface area contributed by atoms with Crippen LogP contribution >= 0.6 is 0 Å². The standard InChI is InChI=1S/C22H28N4O/c1-15-11-16(2)19-18(12-15)20(17(13-23)14-24-19)25-7-6-8-26(10-9-25)21(27)22(3,4)5/h11-12,14H,6-10H2,1-5H3. The van der Waals surface area contributed by atoms with E-state index in [1.165, 1.54) is 0 Å². The van der Waals surface area contributed by atoms with Crippen LogP contribution in [0.15, 0.2) is 18.3 Å². The Morgan fingerprint density at radius 2 is 1.89 bits per heavy atom. The molecule has 1 aromatic carbocycles. The SMILES string of the molecule is Cc1cc(C)c2ncc(C#N)c(N3CCCN(C(=O)C(C)(C)C)CC3)c2c1. The van der Waals surface area contributed by atoms with E-state index in [2.05, 4.69) is 41.9 Å². The fraction of sp³-hybridized carbons (Fsp3) is 0.500. The molecule has 1 aliphatic rings. The first-order valence-corrected chi connectivity index (χ1v) is 9.57. The first-order chi connectivity index (χ1) is 12.7. The van der Waals surface area contributed by atoms with Crippen LogP contribution in [-0.4, -0.2) is 42.0 Å². The van der Waals surface area contributed by atoms with Crippen molar-refractivity contribution in [2.75, 3.05) is 31.1 Å². The Hall–Kier alpha value is -2.61. The summed E-state index contributed by atoms with van der Waals surface area (Å²) in [5, 5.41) is 10.7. The van der Waals surface area contributed by atoms with Gasteiger partial charge in [-0.2, -0.15) is 5.26 Å². The van der Waals surface area contributed by atoms with E-state index in [1.807, 2.05) is 25.7 Å². The third-order valence-corrected chi connectivity index (χ3v) is 5.14. The molecule has 0 bridgehead atoms. The van der Waals surface area contributed by atoms with Crippen molar-refractivity contribution < 1.29 is 4.79 Å². The van der Waals surface area contributed by atoms with Crippen LogP contribution in [0.2, 0.25) is 0 Å². The maximum absolute atomic E-state index is 12.7. The molecule has 5 heteroatoms. The molecule has 0 saturated carbocycles. The van der Waals surface area contributed by atoms with Gasteiger partial charge in [0, 0.05) is 43.2 Å². The molecular formula is C22H28N4O. The summed E-state index contributed by atoms with van der Waals surface area (Å²) < 4.78 is 0. The van der Waals surface area contributed by atoms with Gasteiger partial charge in [0.2, 0.25) is 5.91 Å². The second-order valence-electron chi connectivity index (χ2n) is 8.49. The predicted octanol–water partition coefficient (Wildman–Crippen LogP) is 3.81. The Kier molecular flexibility index (Phi) is 5.10. The number of nitrogens with zero attached hydrogens (tertiary/aromatic N) is 4. The van der Waals surface area contributed by atoms with Crippen LogP contribution < -0.4 is 4.90 Å². The van der Waals surface area contributed by atoms with Gasteiger partial charge in [0.25, 0.3) is 0 Å². The quantitative estimate of drug-likeness (QED) is 0.772. The van der Waals surface area contributed by atoms with Gasteiger partial charge >= 0.3 is 0 Å². The molecule has 1 amide bonds. The van der Waals surface area contributed by atoms with E-state index in [0.717, 1.165) is 53.8 Å². The lowest BCUT2D eigenvalue weighted by molar-refractivity contribution is -0.139. The molecular weight excluding hydrogens is 336 g/mol. The number of aryl methyl sites for hydroxylation is 2. The zero-order valence-electron chi connectivity index (χ0n) is 17.0. The number of nitriles is 1. The Balaban J connectivity index is 2.00. The van der Waals surface area contributed by atoms with Gasteiger partial charge in [-0.15, -0.1) is 0 Å². The summed E-state index contributed by atoms with van der Waals surface area (Å²) in [6.07, 6.45) is 2.57. The summed E-state index contributed by atoms with van der Waals surface area (Å²) in [6.45, 7) is 13.0. The number of amides is 1. The first-order valence-electron chi connectivity index (χ1n) is 9.57. The Bertz CT molecular complexity index is 921. The molecule has 0 radical (unpaired) electrons. The number of benzene rings is 1. The topological polar surface area (TPSA) is 60.2 Å². The van der Waals surface area contributed by atoms with E-state index in [4.69, 9.17) is 0 Å². The second-order valence-corrected chi connectivity index (χ2v) is 8.49. The highest BCUT2D eigenvalue weighted by Crippen LogP contribution is 2.32. The lowest BCUT2D eigenvalue weighted by Gasteiger charge is -2.29. The normalized spacial score (nSPS) is 15.6. The van der Waals surface area contributed by atoms with E-state index < -0.39 is 0 Å². The first kappa shape index (κ1) is 19.2. The Morgan fingerprint density at radius 3 is 2.56 bits per heavy atom. The van der Waals surface area contributed by atoms with E-state index in [-0.39, 0.29) is 11.3 Å². The number of fused-ring (bicyclic) bond motifs is 1. The maximum atomic E-state index is 12.7. The highest BCUT2D eigenvalue weighted by molar-refractivity contribution is 5.96. The average Bonchev–Trinajstić information content (AvgIpc) is 2.84. The Morgan fingerprint density at radius 1 is 1.15 bits per heavy atom. The van der Waals surface area contributed by atoms with E-state index >= 15 is 0 Å². The van der Waals surface area contributed by atoms with Gasteiger partial charge in [0.1, 0.15) is 6.07 Å². The summed E-state index contributed by atoms with van der Waals surface area (Å²) in [6, 6.07) is 6.56. The Labute approximate surface area is 161 Å². The minimum atomic E-state index is -0.370. The molecule has 0 atom stereocenters. The van der Waals surface area contributed by atoms with Crippen LogP contribution in [0.5, 0.6) is 0 Å². The van der Waals surface area contributed by atoms with Gasteiger partial charge in [0.15, 0.2) is 0 Å².